The summed E-state index contributed by atoms with van der Waals surface area (Å²) in [5.41, 5.74) is 2.86. The Morgan fingerprint density at radius 1 is 0.943 bits per heavy atom. The van der Waals surface area contributed by atoms with E-state index < -0.39 is 0 Å². The van der Waals surface area contributed by atoms with Gasteiger partial charge in [0.25, 0.3) is 0 Å². The van der Waals surface area contributed by atoms with Crippen LogP contribution in [-0.4, -0.2) is 26.3 Å². The van der Waals surface area contributed by atoms with E-state index in [2.05, 4.69) is 43.1 Å². The highest BCUT2D eigenvalue weighted by Gasteiger charge is 2.18. The molecule has 0 radical (unpaired) electrons. The SMILES string of the molecule is Br.CC(C)(C)c1ccc(OCc2nnc(SCC(=O)c3ccc(Cl)cc3)n2-c2ccccc2)cc1. The van der Waals surface area contributed by atoms with E-state index in [0.29, 0.717) is 21.6 Å². The quantitative estimate of drug-likeness (QED) is 0.163. The van der Waals surface area contributed by atoms with Gasteiger partial charge in [-0.3, -0.25) is 9.36 Å². The standard InChI is InChI=1S/C27H26ClN3O2S.BrH/c1-27(2,3)20-11-15-23(16-12-20)33-17-25-29-30-26(31(25)22-7-5-4-6-8-22)34-18-24(32)19-9-13-21(28)14-10-19;/h4-16H,17-18H2,1-3H3;1H. The molecular weight excluding hydrogens is 546 g/mol. The number of carbonyl (C=O) groups is 1. The molecule has 0 spiro atoms. The van der Waals surface area contributed by atoms with Gasteiger partial charge in [-0.05, 0) is 59.5 Å². The van der Waals surface area contributed by atoms with Crippen LogP contribution >= 0.6 is 40.3 Å². The predicted octanol–water partition coefficient (Wildman–Crippen LogP) is 7.35. The van der Waals surface area contributed by atoms with Gasteiger partial charge < -0.3 is 4.74 Å². The molecule has 1 heterocycles. The molecule has 0 aliphatic heterocycles. The van der Waals surface area contributed by atoms with E-state index in [4.69, 9.17) is 16.3 Å². The topological polar surface area (TPSA) is 57.0 Å². The Hall–Kier alpha value is -2.61. The molecule has 0 N–H and O–H groups in total. The molecule has 5 nitrogen and oxygen atoms in total. The Bertz CT molecular complexity index is 1250. The van der Waals surface area contributed by atoms with Gasteiger partial charge in [0, 0.05) is 16.3 Å². The maximum absolute atomic E-state index is 12.6. The van der Waals surface area contributed by atoms with Crippen LogP contribution in [0.25, 0.3) is 5.69 Å². The number of Topliss-reactive ketones (excluding diaryl/α,β-unsaturated/α-hetero) is 1. The highest BCUT2D eigenvalue weighted by atomic mass is 79.9. The lowest BCUT2D eigenvalue weighted by atomic mass is 9.87. The summed E-state index contributed by atoms with van der Waals surface area (Å²) in [5.74, 6) is 1.66. The van der Waals surface area contributed by atoms with E-state index in [1.165, 1.54) is 17.3 Å². The third-order valence-electron chi connectivity index (χ3n) is 5.30. The van der Waals surface area contributed by atoms with E-state index >= 15 is 0 Å². The molecule has 3 aromatic carbocycles. The predicted molar refractivity (Wildman–Crippen MR) is 148 cm³/mol. The van der Waals surface area contributed by atoms with Crippen LogP contribution in [0.1, 0.15) is 42.5 Å². The molecule has 4 rings (SSSR count). The first kappa shape index (κ1) is 27.0. The third-order valence-corrected chi connectivity index (χ3v) is 6.48. The molecule has 35 heavy (non-hydrogen) atoms. The number of hydrogen-bond donors (Lipinski definition) is 0. The number of ether oxygens (including phenoxy) is 1. The highest BCUT2D eigenvalue weighted by molar-refractivity contribution is 8.93. The van der Waals surface area contributed by atoms with Crippen molar-refractivity contribution in [2.45, 2.75) is 37.9 Å². The smallest absolute Gasteiger partial charge is 0.196 e. The van der Waals surface area contributed by atoms with Crippen LogP contribution in [0.2, 0.25) is 5.02 Å². The molecule has 0 saturated heterocycles. The van der Waals surface area contributed by atoms with Crippen molar-refractivity contribution in [1.82, 2.24) is 14.8 Å². The molecule has 0 fully saturated rings. The van der Waals surface area contributed by atoms with Crippen molar-refractivity contribution in [2.24, 2.45) is 0 Å². The van der Waals surface area contributed by atoms with E-state index in [9.17, 15) is 4.79 Å². The number of ketones is 1. The van der Waals surface area contributed by atoms with E-state index in [1.807, 2.05) is 47.0 Å². The van der Waals surface area contributed by atoms with Crippen molar-refractivity contribution >= 4 is 46.1 Å². The Morgan fingerprint density at radius 2 is 1.60 bits per heavy atom. The molecule has 0 bridgehead atoms. The van der Waals surface area contributed by atoms with Gasteiger partial charge >= 0.3 is 0 Å². The van der Waals surface area contributed by atoms with Crippen molar-refractivity contribution in [3.63, 3.8) is 0 Å². The lowest BCUT2D eigenvalue weighted by molar-refractivity contribution is 0.102. The first-order valence-electron chi connectivity index (χ1n) is 11.0. The van der Waals surface area contributed by atoms with Crippen LogP contribution in [0.5, 0.6) is 5.75 Å². The lowest BCUT2D eigenvalue weighted by Crippen LogP contribution is -2.11. The van der Waals surface area contributed by atoms with Crippen molar-refractivity contribution < 1.29 is 9.53 Å². The number of para-hydroxylation sites is 1. The zero-order chi connectivity index (χ0) is 24.1. The van der Waals surface area contributed by atoms with Crippen molar-refractivity contribution in [1.29, 1.82) is 0 Å². The average molecular weight is 573 g/mol. The fraction of sp³-hybridized carbons (Fsp3) is 0.222. The summed E-state index contributed by atoms with van der Waals surface area (Å²) in [4.78, 5) is 12.6. The van der Waals surface area contributed by atoms with Crippen LogP contribution in [0, 0.1) is 0 Å². The molecule has 0 aliphatic rings. The fourth-order valence-corrected chi connectivity index (χ4v) is 4.36. The Kier molecular flexibility index (Phi) is 9.16. The zero-order valence-electron chi connectivity index (χ0n) is 19.8. The highest BCUT2D eigenvalue weighted by Crippen LogP contribution is 2.26. The summed E-state index contributed by atoms with van der Waals surface area (Å²) in [6.45, 7) is 6.80. The van der Waals surface area contributed by atoms with Crippen molar-refractivity contribution in [3.8, 4) is 11.4 Å². The molecular formula is C27H27BrClN3O2S. The van der Waals surface area contributed by atoms with Crippen LogP contribution in [0.15, 0.2) is 84.0 Å². The minimum atomic E-state index is 0. The first-order valence-corrected chi connectivity index (χ1v) is 12.3. The summed E-state index contributed by atoms with van der Waals surface area (Å²) in [7, 11) is 0. The zero-order valence-corrected chi connectivity index (χ0v) is 23.1. The fourth-order valence-electron chi connectivity index (χ4n) is 3.37. The monoisotopic (exact) mass is 571 g/mol. The number of benzene rings is 3. The number of hydrogen-bond acceptors (Lipinski definition) is 5. The van der Waals surface area contributed by atoms with Gasteiger partial charge in [-0.2, -0.15) is 0 Å². The average Bonchev–Trinajstić information content (AvgIpc) is 3.24. The van der Waals surface area contributed by atoms with Gasteiger partial charge in [0.1, 0.15) is 12.4 Å². The van der Waals surface area contributed by atoms with Gasteiger partial charge in [0.2, 0.25) is 0 Å². The number of rotatable bonds is 8. The number of carbonyl (C=O) groups excluding carboxylic acids is 1. The largest absolute Gasteiger partial charge is 0.486 e. The lowest BCUT2D eigenvalue weighted by Gasteiger charge is -2.19. The number of nitrogens with zero attached hydrogens (tertiary/aromatic N) is 3. The minimum absolute atomic E-state index is 0. The number of aromatic nitrogens is 3. The van der Waals surface area contributed by atoms with Crippen LogP contribution < -0.4 is 4.74 Å². The van der Waals surface area contributed by atoms with Gasteiger partial charge in [-0.25, -0.2) is 0 Å². The van der Waals surface area contributed by atoms with Crippen LogP contribution in [0.3, 0.4) is 0 Å². The second-order valence-corrected chi connectivity index (χ2v) is 10.2. The molecule has 1 aromatic heterocycles. The maximum Gasteiger partial charge on any atom is 0.196 e. The van der Waals surface area contributed by atoms with Gasteiger partial charge in [0.05, 0.1) is 5.75 Å². The maximum atomic E-state index is 12.6. The van der Waals surface area contributed by atoms with Crippen molar-refractivity contribution in [3.05, 3.63) is 101 Å². The van der Waals surface area contributed by atoms with Gasteiger partial charge in [-0.15, -0.1) is 27.2 Å². The Morgan fingerprint density at radius 3 is 2.23 bits per heavy atom. The molecule has 0 aliphatic carbocycles. The van der Waals surface area contributed by atoms with Crippen LogP contribution in [-0.2, 0) is 12.0 Å². The number of halogens is 2. The summed E-state index contributed by atoms with van der Waals surface area (Å²) in [5, 5.41) is 9.96. The summed E-state index contributed by atoms with van der Waals surface area (Å²) < 4.78 is 7.96. The normalized spacial score (nSPS) is 11.1. The Labute approximate surface area is 225 Å². The third kappa shape index (κ3) is 6.97. The summed E-state index contributed by atoms with van der Waals surface area (Å²) >= 11 is 7.28. The molecule has 0 saturated carbocycles. The molecule has 0 atom stereocenters. The minimum Gasteiger partial charge on any atom is -0.486 e. The second kappa shape index (κ2) is 11.9. The molecule has 182 valence electrons. The molecule has 4 aromatic rings. The molecule has 0 unspecified atom stereocenters. The van der Waals surface area contributed by atoms with Gasteiger partial charge in [-0.1, -0.05) is 74.5 Å². The number of thioether (sulfide) groups is 1. The van der Waals surface area contributed by atoms with E-state index in [0.717, 1.165) is 11.4 Å². The molecule has 0 amide bonds. The summed E-state index contributed by atoms with van der Waals surface area (Å²) in [6, 6.07) is 24.9. The molecule has 8 heteroatoms. The summed E-state index contributed by atoms with van der Waals surface area (Å²) in [6.07, 6.45) is 0. The van der Waals surface area contributed by atoms with Crippen molar-refractivity contribution in [2.75, 3.05) is 5.75 Å². The van der Waals surface area contributed by atoms with Gasteiger partial charge in [0.15, 0.2) is 16.8 Å². The van der Waals surface area contributed by atoms with Crippen LogP contribution in [0.4, 0.5) is 0 Å². The Balaban J connectivity index is 0.00000342. The van der Waals surface area contributed by atoms with E-state index in [-0.39, 0.29) is 40.5 Å². The second-order valence-electron chi connectivity index (χ2n) is 8.85. The van der Waals surface area contributed by atoms with E-state index in [1.54, 1.807) is 24.3 Å². The first-order chi connectivity index (χ1) is 16.3.